The van der Waals surface area contributed by atoms with Crippen molar-refractivity contribution in [2.75, 3.05) is 33.2 Å². The number of nitrogens with one attached hydrogen (secondary N) is 1. The molecule has 2 heterocycles. The average Bonchev–Trinajstić information content (AvgIpc) is 3.05. The van der Waals surface area contributed by atoms with Crippen molar-refractivity contribution in [3.05, 3.63) is 41.5 Å². The molecule has 1 amide bonds. The Bertz CT molecular complexity index is 888. The first-order valence-electron chi connectivity index (χ1n) is 8.22. The van der Waals surface area contributed by atoms with Crippen molar-refractivity contribution in [3.8, 4) is 0 Å². The molecule has 0 bridgehead atoms. The van der Waals surface area contributed by atoms with Gasteiger partial charge < -0.3 is 14.7 Å². The zero-order valence-electron chi connectivity index (χ0n) is 14.7. The Kier molecular flexibility index (Phi) is 5.35. The van der Waals surface area contributed by atoms with Crippen molar-refractivity contribution in [2.45, 2.75) is 18.4 Å². The molecule has 9 nitrogen and oxygen atoms in total. The number of carbonyl (C=O) groups excluding carboxylic acids is 1. The van der Waals surface area contributed by atoms with Gasteiger partial charge in [0.15, 0.2) is 5.82 Å². The quantitative estimate of drug-likeness (QED) is 0.793. The van der Waals surface area contributed by atoms with E-state index in [4.69, 9.17) is 4.52 Å². The van der Waals surface area contributed by atoms with Crippen LogP contribution in [0, 0.1) is 6.92 Å². The second kappa shape index (κ2) is 7.52. The van der Waals surface area contributed by atoms with Crippen LogP contribution in [0.4, 0.5) is 0 Å². The molecule has 1 N–H and O–H groups in total. The molecule has 1 fully saturated rings. The molecule has 26 heavy (non-hydrogen) atoms. The monoisotopic (exact) mass is 379 g/mol. The maximum Gasteiger partial charge on any atom is 0.251 e. The van der Waals surface area contributed by atoms with Crippen molar-refractivity contribution < 1.29 is 17.7 Å². The van der Waals surface area contributed by atoms with E-state index in [1.807, 2.05) is 7.05 Å². The SMILES string of the molecule is Cc1nc(CNC(=O)c2cccc(S(=O)(=O)N3CCN(C)CC3)c2)no1. The van der Waals surface area contributed by atoms with E-state index >= 15 is 0 Å². The third-order valence-electron chi connectivity index (χ3n) is 4.17. The molecule has 1 aliphatic rings. The van der Waals surface area contributed by atoms with Crippen LogP contribution in [0.1, 0.15) is 22.1 Å². The van der Waals surface area contributed by atoms with Gasteiger partial charge in [0.05, 0.1) is 11.4 Å². The van der Waals surface area contributed by atoms with Crippen LogP contribution in [0.2, 0.25) is 0 Å². The summed E-state index contributed by atoms with van der Waals surface area (Å²) in [6.07, 6.45) is 0. The van der Waals surface area contributed by atoms with E-state index in [9.17, 15) is 13.2 Å². The number of aryl methyl sites for hydroxylation is 1. The van der Waals surface area contributed by atoms with Crippen LogP contribution < -0.4 is 5.32 Å². The molecule has 2 aromatic rings. The van der Waals surface area contributed by atoms with Gasteiger partial charge in [-0.3, -0.25) is 4.79 Å². The van der Waals surface area contributed by atoms with E-state index in [2.05, 4.69) is 20.4 Å². The summed E-state index contributed by atoms with van der Waals surface area (Å²) in [6.45, 7) is 4.00. The van der Waals surface area contributed by atoms with Gasteiger partial charge in [-0.25, -0.2) is 8.42 Å². The van der Waals surface area contributed by atoms with Gasteiger partial charge in [0.1, 0.15) is 0 Å². The number of amides is 1. The minimum atomic E-state index is -3.62. The molecule has 0 radical (unpaired) electrons. The summed E-state index contributed by atoms with van der Waals surface area (Å²) in [5.41, 5.74) is 0.264. The summed E-state index contributed by atoms with van der Waals surface area (Å²) in [6, 6.07) is 6.04. The molecule has 0 spiro atoms. The van der Waals surface area contributed by atoms with E-state index in [1.165, 1.54) is 16.4 Å². The molecule has 0 aliphatic carbocycles. The first-order valence-corrected chi connectivity index (χ1v) is 9.66. The normalized spacial score (nSPS) is 16.5. The maximum atomic E-state index is 12.8. The van der Waals surface area contributed by atoms with Crippen molar-refractivity contribution in [1.29, 1.82) is 0 Å². The van der Waals surface area contributed by atoms with Gasteiger partial charge in [-0.1, -0.05) is 11.2 Å². The zero-order valence-corrected chi connectivity index (χ0v) is 15.5. The topological polar surface area (TPSA) is 109 Å². The fraction of sp³-hybridized carbons (Fsp3) is 0.438. The van der Waals surface area contributed by atoms with E-state index in [-0.39, 0.29) is 17.0 Å². The number of hydrogen-bond donors (Lipinski definition) is 1. The van der Waals surface area contributed by atoms with Crippen molar-refractivity contribution in [3.63, 3.8) is 0 Å². The van der Waals surface area contributed by atoms with Gasteiger partial charge in [-0.2, -0.15) is 9.29 Å². The molecule has 0 unspecified atom stereocenters. The molecule has 1 aromatic carbocycles. The highest BCUT2D eigenvalue weighted by molar-refractivity contribution is 7.89. The maximum absolute atomic E-state index is 12.8. The average molecular weight is 379 g/mol. The lowest BCUT2D eigenvalue weighted by Crippen LogP contribution is -2.47. The summed E-state index contributed by atoms with van der Waals surface area (Å²) < 4.78 is 31.9. The van der Waals surface area contributed by atoms with Crippen LogP contribution in [0.15, 0.2) is 33.7 Å². The number of benzene rings is 1. The Labute approximate surface area is 152 Å². The Balaban J connectivity index is 1.71. The first-order chi connectivity index (χ1) is 12.4. The third kappa shape index (κ3) is 4.09. The molecule has 0 saturated carbocycles. The Morgan fingerprint density at radius 2 is 2.00 bits per heavy atom. The highest BCUT2D eigenvalue weighted by Gasteiger charge is 2.27. The molecule has 140 valence electrons. The molecule has 1 saturated heterocycles. The lowest BCUT2D eigenvalue weighted by molar-refractivity contribution is 0.0949. The highest BCUT2D eigenvalue weighted by Crippen LogP contribution is 2.18. The smallest absolute Gasteiger partial charge is 0.251 e. The van der Waals surface area contributed by atoms with Gasteiger partial charge in [-0.15, -0.1) is 0 Å². The second-order valence-corrected chi connectivity index (χ2v) is 8.09. The van der Waals surface area contributed by atoms with Crippen molar-refractivity contribution >= 4 is 15.9 Å². The van der Waals surface area contributed by atoms with E-state index < -0.39 is 15.9 Å². The Hall–Kier alpha value is -2.30. The second-order valence-electron chi connectivity index (χ2n) is 6.15. The first kappa shape index (κ1) is 18.5. The molecule has 10 heteroatoms. The number of piperazine rings is 1. The lowest BCUT2D eigenvalue weighted by atomic mass is 10.2. The fourth-order valence-electron chi connectivity index (χ4n) is 2.65. The van der Waals surface area contributed by atoms with Gasteiger partial charge in [0.25, 0.3) is 5.91 Å². The van der Waals surface area contributed by atoms with E-state index in [0.717, 1.165) is 0 Å². The number of hydrogen-bond acceptors (Lipinski definition) is 7. The predicted octanol–water partition coefficient (Wildman–Crippen LogP) is 0.244. The summed E-state index contributed by atoms with van der Waals surface area (Å²) in [7, 11) is -1.66. The molecule has 0 atom stereocenters. The number of likely N-dealkylation sites (N-methyl/N-ethyl adjacent to an activating group) is 1. The standard InChI is InChI=1S/C16H21N5O4S/c1-12-18-15(19-25-12)11-17-16(22)13-4-3-5-14(10-13)26(23,24)21-8-6-20(2)7-9-21/h3-5,10H,6-9,11H2,1-2H3,(H,17,22). The molecular weight excluding hydrogens is 358 g/mol. The van der Waals surface area contributed by atoms with Gasteiger partial charge in [-0.05, 0) is 25.2 Å². The van der Waals surface area contributed by atoms with Crippen LogP contribution >= 0.6 is 0 Å². The fourth-order valence-corrected chi connectivity index (χ4v) is 4.12. The van der Waals surface area contributed by atoms with Crippen molar-refractivity contribution in [2.24, 2.45) is 0 Å². The van der Waals surface area contributed by atoms with Crippen LogP contribution in [0.5, 0.6) is 0 Å². The number of sulfonamides is 1. The third-order valence-corrected chi connectivity index (χ3v) is 6.07. The summed E-state index contributed by atoms with van der Waals surface area (Å²) >= 11 is 0. The number of aromatic nitrogens is 2. The predicted molar refractivity (Wildman–Crippen MR) is 92.9 cm³/mol. The highest BCUT2D eigenvalue weighted by atomic mass is 32.2. The van der Waals surface area contributed by atoms with Gasteiger partial charge in [0.2, 0.25) is 15.9 Å². The van der Waals surface area contributed by atoms with Gasteiger partial charge >= 0.3 is 0 Å². The summed E-state index contributed by atoms with van der Waals surface area (Å²) in [5, 5.41) is 6.35. The Morgan fingerprint density at radius 3 is 2.65 bits per heavy atom. The molecular formula is C16H21N5O4S. The van der Waals surface area contributed by atoms with Crippen LogP contribution in [0.25, 0.3) is 0 Å². The zero-order chi connectivity index (χ0) is 18.7. The number of nitrogens with zero attached hydrogens (tertiary/aromatic N) is 4. The van der Waals surface area contributed by atoms with Crippen LogP contribution in [-0.2, 0) is 16.6 Å². The molecule has 1 aliphatic heterocycles. The minimum absolute atomic E-state index is 0.103. The van der Waals surface area contributed by atoms with E-state index in [1.54, 1.807) is 19.1 Å². The summed E-state index contributed by atoms with van der Waals surface area (Å²) in [5.74, 6) is 0.370. The lowest BCUT2D eigenvalue weighted by Gasteiger charge is -2.31. The number of rotatable bonds is 5. The van der Waals surface area contributed by atoms with Crippen molar-refractivity contribution in [1.82, 2.24) is 24.7 Å². The summed E-state index contributed by atoms with van der Waals surface area (Å²) in [4.78, 5) is 18.5. The molecule has 1 aromatic heterocycles. The van der Waals surface area contributed by atoms with Crippen LogP contribution in [-0.4, -0.2) is 66.9 Å². The largest absolute Gasteiger partial charge is 0.345 e. The molecule has 3 rings (SSSR count). The van der Waals surface area contributed by atoms with Gasteiger partial charge in [0, 0.05) is 38.7 Å². The minimum Gasteiger partial charge on any atom is -0.345 e. The Morgan fingerprint density at radius 1 is 1.27 bits per heavy atom. The van der Waals surface area contributed by atoms with E-state index in [0.29, 0.717) is 37.9 Å². The number of carbonyl (C=O) groups is 1. The van der Waals surface area contributed by atoms with Crippen LogP contribution in [0.3, 0.4) is 0 Å².